The number of carbonyl (C=O) groups excluding carboxylic acids is 1. The summed E-state index contributed by atoms with van der Waals surface area (Å²) in [6.07, 6.45) is -6.59. The predicted molar refractivity (Wildman–Crippen MR) is 118 cm³/mol. The Labute approximate surface area is 201 Å². The van der Waals surface area contributed by atoms with E-state index in [2.05, 4.69) is 10.2 Å². The Bertz CT molecular complexity index is 1430. The number of amides is 1. The molecule has 11 heteroatoms. The van der Waals surface area contributed by atoms with Crippen LogP contribution < -0.4 is 0 Å². The summed E-state index contributed by atoms with van der Waals surface area (Å²) in [5.41, 5.74) is -0.907. The first-order chi connectivity index (χ1) is 17.1. The maximum Gasteiger partial charge on any atom is 0.420 e. The molecule has 0 spiro atoms. The smallest absolute Gasteiger partial charge is 0.328 e. The van der Waals surface area contributed by atoms with Crippen molar-refractivity contribution in [2.24, 2.45) is 0 Å². The van der Waals surface area contributed by atoms with Crippen LogP contribution in [0, 0.1) is 0 Å². The van der Waals surface area contributed by atoms with Crippen LogP contribution in [0.25, 0.3) is 16.8 Å². The fourth-order valence-electron chi connectivity index (χ4n) is 4.58. The monoisotopic (exact) mass is 504 g/mol. The van der Waals surface area contributed by atoms with Crippen LogP contribution in [0.15, 0.2) is 66.9 Å². The maximum absolute atomic E-state index is 13.6. The number of halogens is 6. The molecule has 2 aromatic carbocycles. The van der Waals surface area contributed by atoms with Crippen LogP contribution >= 0.6 is 0 Å². The molecule has 0 bridgehead atoms. The van der Waals surface area contributed by atoms with Gasteiger partial charge in [-0.15, -0.1) is 10.2 Å². The average molecular weight is 504 g/mol. The van der Waals surface area contributed by atoms with E-state index in [9.17, 15) is 31.1 Å². The van der Waals surface area contributed by atoms with Gasteiger partial charge in [-0.25, -0.2) is 0 Å². The number of carbonyl (C=O) groups is 1. The molecule has 5 rings (SSSR count). The first-order valence-corrected chi connectivity index (χ1v) is 11.0. The number of hydrogen-bond donors (Lipinski definition) is 0. The fraction of sp³-hybridized carbons (Fsp3) is 0.240. The van der Waals surface area contributed by atoms with Crippen LogP contribution in [0.5, 0.6) is 0 Å². The zero-order valence-electron chi connectivity index (χ0n) is 18.5. The van der Waals surface area contributed by atoms with Crippen molar-refractivity contribution >= 4 is 11.6 Å². The van der Waals surface area contributed by atoms with Gasteiger partial charge >= 0.3 is 12.4 Å². The van der Waals surface area contributed by atoms with Gasteiger partial charge in [0, 0.05) is 18.3 Å². The minimum Gasteiger partial charge on any atom is -0.328 e. The molecular formula is C25H18F6N4O. The lowest BCUT2D eigenvalue weighted by atomic mass is 9.97. The molecule has 1 fully saturated rings. The minimum atomic E-state index is -4.61. The van der Waals surface area contributed by atoms with Crippen LogP contribution in [0.4, 0.5) is 26.3 Å². The standard InChI is InChI=1S/C25H18F6N4O/c26-24(27,28)16-11-9-15(10-12-16)17-5-1-2-6-18(17)23(36)34-13-4-8-20(34)22-33-32-21-19(25(29,30)31)7-3-14-35(21)22/h1-3,5-7,9-12,14,20H,4,8,13H2. The molecule has 5 nitrogen and oxygen atoms in total. The first kappa shape index (κ1) is 23.8. The minimum absolute atomic E-state index is 0.217. The third-order valence-corrected chi connectivity index (χ3v) is 6.26. The second-order valence-corrected chi connectivity index (χ2v) is 8.45. The van der Waals surface area contributed by atoms with E-state index >= 15 is 0 Å². The fourth-order valence-corrected chi connectivity index (χ4v) is 4.58. The molecule has 1 unspecified atom stereocenters. The molecule has 186 valence electrons. The van der Waals surface area contributed by atoms with Gasteiger partial charge in [0.25, 0.3) is 5.91 Å². The molecule has 4 aromatic rings. The molecule has 3 heterocycles. The molecule has 2 aromatic heterocycles. The van der Waals surface area contributed by atoms with Crippen molar-refractivity contribution in [1.29, 1.82) is 0 Å². The molecule has 0 radical (unpaired) electrons. The lowest BCUT2D eigenvalue weighted by Crippen LogP contribution is -2.32. The zero-order chi connectivity index (χ0) is 25.7. The lowest BCUT2D eigenvalue weighted by Gasteiger charge is -2.25. The largest absolute Gasteiger partial charge is 0.420 e. The van der Waals surface area contributed by atoms with Crippen LogP contribution in [0.2, 0.25) is 0 Å². The third-order valence-electron chi connectivity index (χ3n) is 6.26. The maximum atomic E-state index is 13.6. The number of rotatable bonds is 3. The second-order valence-electron chi connectivity index (χ2n) is 8.45. The zero-order valence-corrected chi connectivity index (χ0v) is 18.5. The highest BCUT2D eigenvalue weighted by molar-refractivity contribution is 6.01. The average Bonchev–Trinajstić information content (AvgIpc) is 3.49. The normalized spacial score (nSPS) is 16.6. The van der Waals surface area contributed by atoms with Gasteiger partial charge in [-0.1, -0.05) is 30.3 Å². The van der Waals surface area contributed by atoms with Crippen molar-refractivity contribution in [2.75, 3.05) is 6.54 Å². The Hall–Kier alpha value is -3.89. The topological polar surface area (TPSA) is 50.5 Å². The van der Waals surface area contributed by atoms with Crippen LogP contribution in [-0.2, 0) is 12.4 Å². The van der Waals surface area contributed by atoms with Gasteiger partial charge in [0.05, 0.1) is 11.6 Å². The number of likely N-dealkylation sites (tertiary alicyclic amines) is 1. The quantitative estimate of drug-likeness (QED) is 0.303. The summed E-state index contributed by atoms with van der Waals surface area (Å²) in [4.78, 5) is 15.2. The van der Waals surface area contributed by atoms with Gasteiger partial charge in [-0.05, 0) is 54.3 Å². The van der Waals surface area contributed by atoms with Crippen molar-refractivity contribution in [3.8, 4) is 11.1 Å². The molecule has 1 amide bonds. The van der Waals surface area contributed by atoms with Gasteiger partial charge in [-0.2, -0.15) is 26.3 Å². The van der Waals surface area contributed by atoms with E-state index in [-0.39, 0.29) is 17.0 Å². The first-order valence-electron chi connectivity index (χ1n) is 11.0. The summed E-state index contributed by atoms with van der Waals surface area (Å²) in [6, 6.07) is 12.6. The van der Waals surface area contributed by atoms with Crippen LogP contribution in [-0.4, -0.2) is 31.9 Å². The Morgan fingerprint density at radius 3 is 2.28 bits per heavy atom. The molecule has 0 aliphatic carbocycles. The van der Waals surface area contributed by atoms with E-state index in [4.69, 9.17) is 0 Å². The Morgan fingerprint density at radius 2 is 1.58 bits per heavy atom. The van der Waals surface area contributed by atoms with E-state index in [1.165, 1.54) is 33.7 Å². The highest BCUT2D eigenvalue weighted by Crippen LogP contribution is 2.37. The third kappa shape index (κ3) is 4.18. The van der Waals surface area contributed by atoms with E-state index in [0.717, 1.165) is 18.2 Å². The highest BCUT2D eigenvalue weighted by atomic mass is 19.4. The van der Waals surface area contributed by atoms with E-state index < -0.39 is 35.4 Å². The van der Waals surface area contributed by atoms with Crippen molar-refractivity contribution in [1.82, 2.24) is 19.5 Å². The Balaban J connectivity index is 1.51. The van der Waals surface area contributed by atoms with Crippen molar-refractivity contribution in [3.05, 3.63) is 89.4 Å². The number of hydrogen-bond acceptors (Lipinski definition) is 3. The number of pyridine rings is 1. The van der Waals surface area contributed by atoms with Gasteiger partial charge in [0.1, 0.15) is 5.56 Å². The van der Waals surface area contributed by atoms with E-state index in [1.54, 1.807) is 24.3 Å². The molecule has 0 N–H and O–H groups in total. The lowest BCUT2D eigenvalue weighted by molar-refractivity contribution is -0.138. The summed E-state index contributed by atoms with van der Waals surface area (Å²) in [6.45, 7) is 0.346. The summed E-state index contributed by atoms with van der Waals surface area (Å²) in [5, 5.41) is 7.76. The molecule has 1 aliphatic heterocycles. The van der Waals surface area contributed by atoms with Crippen molar-refractivity contribution < 1.29 is 31.1 Å². The summed E-state index contributed by atoms with van der Waals surface area (Å²) >= 11 is 0. The number of aromatic nitrogens is 3. The molecule has 1 aliphatic rings. The van der Waals surface area contributed by atoms with Crippen molar-refractivity contribution in [2.45, 2.75) is 31.2 Å². The molecule has 36 heavy (non-hydrogen) atoms. The van der Waals surface area contributed by atoms with Gasteiger partial charge in [0.15, 0.2) is 11.5 Å². The second kappa shape index (κ2) is 8.65. The molecule has 1 saturated heterocycles. The van der Waals surface area contributed by atoms with Crippen molar-refractivity contribution in [3.63, 3.8) is 0 Å². The predicted octanol–water partition coefficient (Wildman–Crippen LogP) is 6.41. The van der Waals surface area contributed by atoms with Crippen LogP contribution in [0.3, 0.4) is 0 Å². The summed E-state index contributed by atoms with van der Waals surface area (Å²) < 4.78 is 80.4. The molecule has 0 saturated carbocycles. The number of benzene rings is 2. The van der Waals surface area contributed by atoms with Gasteiger partial charge in [-0.3, -0.25) is 9.20 Å². The van der Waals surface area contributed by atoms with Crippen LogP contribution in [0.1, 0.15) is 46.2 Å². The van der Waals surface area contributed by atoms with E-state index in [1.807, 2.05) is 0 Å². The Kier molecular flexibility index (Phi) is 5.73. The number of nitrogens with zero attached hydrogens (tertiary/aromatic N) is 4. The van der Waals surface area contributed by atoms with Gasteiger partial charge < -0.3 is 4.90 Å². The number of fused-ring (bicyclic) bond motifs is 1. The van der Waals surface area contributed by atoms with E-state index in [0.29, 0.717) is 30.5 Å². The summed E-state index contributed by atoms with van der Waals surface area (Å²) in [7, 11) is 0. The highest BCUT2D eigenvalue weighted by Gasteiger charge is 2.38. The Morgan fingerprint density at radius 1 is 0.861 bits per heavy atom. The number of alkyl halides is 6. The summed E-state index contributed by atoms with van der Waals surface area (Å²) in [5.74, 6) is -0.175. The van der Waals surface area contributed by atoms with Gasteiger partial charge in [0.2, 0.25) is 0 Å². The molecule has 1 atom stereocenters. The SMILES string of the molecule is O=C(c1ccccc1-c1ccc(C(F)(F)F)cc1)N1CCCC1c1nnc2c(C(F)(F)F)cccn12. The molecular weight excluding hydrogens is 486 g/mol.